The number of rotatable bonds is 4. The van der Waals surface area contributed by atoms with Gasteiger partial charge in [0.1, 0.15) is 11.5 Å². The van der Waals surface area contributed by atoms with E-state index in [9.17, 15) is 0 Å². The van der Waals surface area contributed by atoms with Crippen LogP contribution >= 0.6 is 0 Å². The molecule has 0 spiro atoms. The van der Waals surface area contributed by atoms with Crippen LogP contribution in [0.2, 0.25) is 0 Å². The molecule has 0 aliphatic rings. The summed E-state index contributed by atoms with van der Waals surface area (Å²) < 4.78 is 10.6. The van der Waals surface area contributed by atoms with Gasteiger partial charge in [0.05, 0.1) is 7.11 Å². The fourth-order valence-corrected chi connectivity index (χ4v) is 1.72. The average Bonchev–Trinajstić information content (AvgIpc) is 2.48. The topological polar surface area (TPSA) is 42.3 Å². The Morgan fingerprint density at radius 1 is 0.947 bits per heavy atom. The summed E-state index contributed by atoms with van der Waals surface area (Å²) >= 11 is 0. The third-order valence-electron chi connectivity index (χ3n) is 2.89. The van der Waals surface area contributed by atoms with Crippen molar-refractivity contribution in [2.45, 2.75) is 13.3 Å². The van der Waals surface area contributed by atoms with Crippen LogP contribution in [0.5, 0.6) is 11.5 Å². The van der Waals surface area contributed by atoms with Crippen molar-refractivity contribution in [1.29, 1.82) is 5.41 Å². The fourth-order valence-electron chi connectivity index (χ4n) is 1.72. The molecule has 0 saturated carbocycles. The maximum absolute atomic E-state index is 7.55. The van der Waals surface area contributed by atoms with E-state index < -0.39 is 0 Å². The first kappa shape index (κ1) is 13.1. The third kappa shape index (κ3) is 3.35. The normalized spacial score (nSPS) is 10.0. The van der Waals surface area contributed by atoms with Gasteiger partial charge in [0.2, 0.25) is 5.90 Å². The van der Waals surface area contributed by atoms with E-state index >= 15 is 0 Å². The summed E-state index contributed by atoms with van der Waals surface area (Å²) in [5.41, 5.74) is 2.02. The molecule has 0 aliphatic heterocycles. The summed E-state index contributed by atoms with van der Waals surface area (Å²) in [7, 11) is 1.49. The molecule has 0 radical (unpaired) electrons. The summed E-state index contributed by atoms with van der Waals surface area (Å²) in [5.74, 6) is 1.71. The number of hydrogen-bond donors (Lipinski definition) is 1. The first-order chi connectivity index (χ1) is 9.22. The van der Waals surface area contributed by atoms with Gasteiger partial charge in [0, 0.05) is 5.56 Å². The van der Waals surface area contributed by atoms with E-state index in [0.29, 0.717) is 0 Å². The van der Waals surface area contributed by atoms with Crippen LogP contribution < -0.4 is 4.74 Å². The summed E-state index contributed by atoms with van der Waals surface area (Å²) in [4.78, 5) is 0. The second-order valence-electron chi connectivity index (χ2n) is 4.16. The van der Waals surface area contributed by atoms with Crippen molar-refractivity contribution in [3.8, 4) is 11.5 Å². The number of ether oxygens (including phenoxy) is 2. The molecule has 2 rings (SSSR count). The molecule has 3 nitrogen and oxygen atoms in total. The molecule has 19 heavy (non-hydrogen) atoms. The smallest absolute Gasteiger partial charge is 0.212 e. The van der Waals surface area contributed by atoms with Crippen LogP contribution in [0.3, 0.4) is 0 Å². The van der Waals surface area contributed by atoms with Crippen LogP contribution in [-0.2, 0) is 11.2 Å². The minimum atomic E-state index is 0.152. The van der Waals surface area contributed by atoms with E-state index in [4.69, 9.17) is 14.9 Å². The van der Waals surface area contributed by atoms with Gasteiger partial charge in [-0.1, -0.05) is 19.1 Å². The molecule has 2 aromatic rings. The second-order valence-corrected chi connectivity index (χ2v) is 4.16. The van der Waals surface area contributed by atoms with Crippen molar-refractivity contribution >= 4 is 5.90 Å². The average molecular weight is 255 g/mol. The lowest BCUT2D eigenvalue weighted by Crippen LogP contribution is -2.00. The van der Waals surface area contributed by atoms with E-state index in [1.165, 1.54) is 12.7 Å². The molecule has 0 atom stereocenters. The summed E-state index contributed by atoms with van der Waals surface area (Å²) in [6.45, 7) is 2.12. The zero-order valence-corrected chi connectivity index (χ0v) is 11.1. The van der Waals surface area contributed by atoms with Crippen molar-refractivity contribution in [3.05, 3.63) is 59.7 Å². The molecule has 0 saturated heterocycles. The Morgan fingerprint density at radius 3 is 1.95 bits per heavy atom. The highest BCUT2D eigenvalue weighted by molar-refractivity contribution is 5.91. The number of methoxy groups -OCH3 is 1. The SMILES string of the molecule is CCc1ccc(Oc2ccc(C(=N)OC)cc2)cc1. The lowest BCUT2D eigenvalue weighted by molar-refractivity contribution is 0.401. The Labute approximate surface area is 113 Å². The monoisotopic (exact) mass is 255 g/mol. The van der Waals surface area contributed by atoms with E-state index in [1.54, 1.807) is 0 Å². The molecule has 0 bridgehead atoms. The minimum absolute atomic E-state index is 0.152. The second kappa shape index (κ2) is 6.05. The van der Waals surface area contributed by atoms with E-state index in [2.05, 4.69) is 19.1 Å². The van der Waals surface area contributed by atoms with Gasteiger partial charge in [-0.3, -0.25) is 5.41 Å². The van der Waals surface area contributed by atoms with Gasteiger partial charge in [-0.15, -0.1) is 0 Å². The molecule has 3 heteroatoms. The fraction of sp³-hybridized carbons (Fsp3) is 0.188. The first-order valence-electron chi connectivity index (χ1n) is 6.22. The summed E-state index contributed by atoms with van der Waals surface area (Å²) in [6, 6.07) is 15.3. The predicted molar refractivity (Wildman–Crippen MR) is 76.2 cm³/mol. The maximum atomic E-state index is 7.55. The number of hydrogen-bond acceptors (Lipinski definition) is 3. The predicted octanol–water partition coefficient (Wildman–Crippen LogP) is 4.01. The molecule has 0 aromatic heterocycles. The summed E-state index contributed by atoms with van der Waals surface area (Å²) in [5, 5.41) is 7.55. The zero-order chi connectivity index (χ0) is 13.7. The Bertz CT molecular complexity index is 544. The maximum Gasteiger partial charge on any atom is 0.212 e. The minimum Gasteiger partial charge on any atom is -0.481 e. The zero-order valence-electron chi connectivity index (χ0n) is 11.1. The van der Waals surface area contributed by atoms with Gasteiger partial charge < -0.3 is 9.47 Å². The molecule has 2 aromatic carbocycles. The van der Waals surface area contributed by atoms with Crippen LogP contribution in [0.15, 0.2) is 48.5 Å². The Balaban J connectivity index is 2.08. The Hall–Kier alpha value is -2.29. The highest BCUT2D eigenvalue weighted by Crippen LogP contribution is 2.22. The lowest BCUT2D eigenvalue weighted by atomic mass is 10.2. The highest BCUT2D eigenvalue weighted by atomic mass is 16.5. The Morgan fingerprint density at radius 2 is 1.47 bits per heavy atom. The molecule has 1 N–H and O–H groups in total. The molecule has 98 valence electrons. The molecule has 0 amide bonds. The van der Waals surface area contributed by atoms with Crippen LogP contribution in [-0.4, -0.2) is 13.0 Å². The van der Waals surface area contributed by atoms with Crippen LogP contribution in [0.1, 0.15) is 18.1 Å². The van der Waals surface area contributed by atoms with Crippen LogP contribution in [0, 0.1) is 5.41 Å². The van der Waals surface area contributed by atoms with Gasteiger partial charge in [-0.25, -0.2) is 0 Å². The van der Waals surface area contributed by atoms with Gasteiger partial charge in [-0.2, -0.15) is 0 Å². The van der Waals surface area contributed by atoms with Crippen molar-refractivity contribution in [2.24, 2.45) is 0 Å². The van der Waals surface area contributed by atoms with Gasteiger partial charge in [-0.05, 0) is 48.4 Å². The lowest BCUT2D eigenvalue weighted by Gasteiger charge is -2.07. The van der Waals surface area contributed by atoms with Crippen molar-refractivity contribution in [2.75, 3.05) is 7.11 Å². The highest BCUT2D eigenvalue weighted by Gasteiger charge is 2.02. The van der Waals surface area contributed by atoms with Crippen molar-refractivity contribution in [3.63, 3.8) is 0 Å². The molecule has 0 fully saturated rings. The van der Waals surface area contributed by atoms with E-state index in [-0.39, 0.29) is 5.90 Å². The standard InChI is InChI=1S/C16H17NO2/c1-3-12-4-8-14(9-5-12)19-15-10-6-13(7-11-15)16(17)18-2/h4-11,17H,3H2,1-2H3. The third-order valence-corrected chi connectivity index (χ3v) is 2.89. The first-order valence-corrected chi connectivity index (χ1v) is 6.22. The number of benzene rings is 2. The molecule has 0 unspecified atom stereocenters. The van der Waals surface area contributed by atoms with E-state index in [0.717, 1.165) is 23.5 Å². The van der Waals surface area contributed by atoms with Crippen LogP contribution in [0.4, 0.5) is 0 Å². The molecular formula is C16H17NO2. The van der Waals surface area contributed by atoms with Gasteiger partial charge in [0.25, 0.3) is 0 Å². The molecule has 0 aliphatic carbocycles. The molecular weight excluding hydrogens is 238 g/mol. The molecule has 0 heterocycles. The van der Waals surface area contributed by atoms with Gasteiger partial charge >= 0.3 is 0 Å². The van der Waals surface area contributed by atoms with Crippen molar-refractivity contribution < 1.29 is 9.47 Å². The van der Waals surface area contributed by atoms with E-state index in [1.807, 2.05) is 36.4 Å². The quantitative estimate of drug-likeness (QED) is 0.662. The summed E-state index contributed by atoms with van der Waals surface area (Å²) in [6.07, 6.45) is 1.02. The van der Waals surface area contributed by atoms with Crippen molar-refractivity contribution in [1.82, 2.24) is 0 Å². The number of aryl methyl sites for hydroxylation is 1. The number of nitrogens with one attached hydrogen (secondary N) is 1. The Kier molecular flexibility index (Phi) is 4.18. The largest absolute Gasteiger partial charge is 0.481 e. The van der Waals surface area contributed by atoms with Crippen LogP contribution in [0.25, 0.3) is 0 Å². The van der Waals surface area contributed by atoms with Gasteiger partial charge in [0.15, 0.2) is 0 Å².